The molecular formula is C30H38N5O. The second kappa shape index (κ2) is 9.89. The molecule has 0 unspecified atom stereocenters. The summed E-state index contributed by atoms with van der Waals surface area (Å²) in [6.45, 7) is 3.78. The third kappa shape index (κ3) is 5.01. The van der Waals surface area contributed by atoms with Gasteiger partial charge in [0, 0.05) is 37.3 Å². The van der Waals surface area contributed by atoms with Gasteiger partial charge in [0.15, 0.2) is 0 Å². The molecule has 4 aliphatic carbocycles. The van der Waals surface area contributed by atoms with Crippen molar-refractivity contribution in [1.29, 1.82) is 0 Å². The van der Waals surface area contributed by atoms with Crippen LogP contribution in [0.25, 0.3) is 10.9 Å². The van der Waals surface area contributed by atoms with Crippen molar-refractivity contribution < 1.29 is 4.79 Å². The number of fused-ring (bicyclic) bond motifs is 1. The summed E-state index contributed by atoms with van der Waals surface area (Å²) >= 11 is 0. The van der Waals surface area contributed by atoms with Crippen molar-refractivity contribution in [2.24, 2.45) is 30.2 Å². The lowest BCUT2D eigenvalue weighted by atomic mass is 9.49. The van der Waals surface area contributed by atoms with Crippen LogP contribution in [-0.4, -0.2) is 28.5 Å². The zero-order valence-corrected chi connectivity index (χ0v) is 21.3. The highest BCUT2D eigenvalue weighted by atomic mass is 16.1. The van der Waals surface area contributed by atoms with Gasteiger partial charge in [-0.05, 0) is 111 Å². The lowest BCUT2D eigenvalue weighted by Crippen LogP contribution is -2.47. The van der Waals surface area contributed by atoms with E-state index in [4.69, 9.17) is 4.98 Å². The molecule has 2 heterocycles. The number of nitrogens with zero attached hydrogens (tertiary/aromatic N) is 2. The van der Waals surface area contributed by atoms with Gasteiger partial charge in [-0.15, -0.1) is 0 Å². The van der Waals surface area contributed by atoms with Crippen LogP contribution in [0.4, 0.5) is 11.5 Å². The number of benzene rings is 1. The molecule has 0 aliphatic heterocycles. The quantitative estimate of drug-likeness (QED) is 0.322. The van der Waals surface area contributed by atoms with E-state index in [1.807, 2.05) is 50.1 Å². The molecule has 1 aromatic carbocycles. The van der Waals surface area contributed by atoms with E-state index in [1.165, 1.54) is 44.2 Å². The molecule has 3 N–H and O–H groups in total. The molecule has 4 aliphatic rings. The number of hydrogen-bond donors (Lipinski definition) is 3. The van der Waals surface area contributed by atoms with Gasteiger partial charge in [-0.2, -0.15) is 0 Å². The zero-order valence-electron chi connectivity index (χ0n) is 21.3. The van der Waals surface area contributed by atoms with E-state index >= 15 is 0 Å². The normalized spacial score (nSPS) is 26.4. The van der Waals surface area contributed by atoms with Crippen molar-refractivity contribution in [3.05, 3.63) is 60.9 Å². The summed E-state index contributed by atoms with van der Waals surface area (Å²) in [5.41, 5.74) is 3.20. The summed E-state index contributed by atoms with van der Waals surface area (Å²) < 4.78 is 2.09. The molecule has 1 radical (unpaired) electrons. The minimum absolute atomic E-state index is 0.172. The van der Waals surface area contributed by atoms with Crippen LogP contribution >= 0.6 is 0 Å². The number of pyridine rings is 1. The molecule has 189 valence electrons. The Morgan fingerprint density at radius 3 is 2.53 bits per heavy atom. The number of hydrogen-bond acceptors (Lipinski definition) is 4. The summed E-state index contributed by atoms with van der Waals surface area (Å²) in [6.07, 6.45) is 11.7. The van der Waals surface area contributed by atoms with E-state index in [0.717, 1.165) is 59.7 Å². The first kappa shape index (κ1) is 23.5. The average molecular weight is 485 g/mol. The van der Waals surface area contributed by atoms with E-state index in [2.05, 4.69) is 32.7 Å². The Kier molecular flexibility index (Phi) is 6.46. The van der Waals surface area contributed by atoms with Gasteiger partial charge in [0.2, 0.25) is 5.91 Å². The van der Waals surface area contributed by atoms with Crippen molar-refractivity contribution in [3.8, 4) is 0 Å². The molecule has 1 amide bonds. The van der Waals surface area contributed by atoms with E-state index < -0.39 is 0 Å². The van der Waals surface area contributed by atoms with Gasteiger partial charge >= 0.3 is 0 Å². The number of nitrogens with one attached hydrogen (secondary N) is 3. The maximum atomic E-state index is 13.2. The highest BCUT2D eigenvalue weighted by Crippen LogP contribution is 2.61. The fourth-order valence-corrected chi connectivity index (χ4v) is 7.61. The number of carbonyl (C=O) groups excluding carboxylic acids is 1. The number of amides is 1. The molecule has 6 nitrogen and oxygen atoms in total. The number of carbonyl (C=O) groups is 1. The van der Waals surface area contributed by atoms with Crippen molar-refractivity contribution in [2.75, 3.05) is 23.7 Å². The van der Waals surface area contributed by atoms with Crippen LogP contribution in [-0.2, 0) is 11.8 Å². The van der Waals surface area contributed by atoms with Crippen molar-refractivity contribution in [1.82, 2.24) is 14.9 Å². The second-order valence-electron chi connectivity index (χ2n) is 11.6. The smallest absolute Gasteiger partial charge is 0.224 e. The predicted octanol–water partition coefficient (Wildman–Crippen LogP) is 5.72. The standard InChI is InChI=1S/C30H38N5O/c1-35-12-3-5-24(35)20-31-10-4-11-32-28-9-8-25-26(33-28)6-2-7-27(25)34-29(36)19-30-16-21-13-22(17-30)15-23(14-21)18-30/h2-3,5-9,12,20-23,31H,4,10-11,13-19H2,1H3,(H,32,33)(H,34,36). The lowest BCUT2D eigenvalue weighted by Gasteiger charge is -2.56. The van der Waals surface area contributed by atoms with Crippen LogP contribution in [0, 0.1) is 29.7 Å². The first-order valence-electron chi connectivity index (χ1n) is 13.7. The van der Waals surface area contributed by atoms with Gasteiger partial charge in [-0.1, -0.05) is 6.07 Å². The largest absolute Gasteiger partial charge is 0.370 e. The van der Waals surface area contributed by atoms with Gasteiger partial charge in [-0.25, -0.2) is 4.98 Å². The Morgan fingerprint density at radius 1 is 1.03 bits per heavy atom. The fourth-order valence-electron chi connectivity index (χ4n) is 7.61. The Bertz CT molecular complexity index is 1200. The third-order valence-electron chi connectivity index (χ3n) is 8.74. The Labute approximate surface area is 214 Å². The lowest BCUT2D eigenvalue weighted by molar-refractivity contribution is -0.124. The zero-order chi connectivity index (χ0) is 24.5. The summed E-state index contributed by atoms with van der Waals surface area (Å²) in [7, 11) is 2.04. The second-order valence-corrected chi connectivity index (χ2v) is 11.6. The summed E-state index contributed by atoms with van der Waals surface area (Å²) in [5.74, 6) is 3.65. The Balaban J connectivity index is 1.02. The molecule has 2 aromatic heterocycles. The molecule has 36 heavy (non-hydrogen) atoms. The van der Waals surface area contributed by atoms with E-state index in [1.54, 1.807) is 0 Å². The average Bonchev–Trinajstić information content (AvgIpc) is 3.24. The minimum Gasteiger partial charge on any atom is -0.370 e. The molecule has 0 atom stereocenters. The number of rotatable bonds is 10. The van der Waals surface area contributed by atoms with Gasteiger partial charge in [0.1, 0.15) is 5.82 Å². The van der Waals surface area contributed by atoms with Crippen LogP contribution in [0.1, 0.15) is 57.1 Å². The van der Waals surface area contributed by atoms with Gasteiger partial charge < -0.3 is 20.5 Å². The van der Waals surface area contributed by atoms with E-state index in [0.29, 0.717) is 6.42 Å². The maximum absolute atomic E-state index is 13.2. The van der Waals surface area contributed by atoms with Crippen LogP contribution in [0.3, 0.4) is 0 Å². The Hall–Kier alpha value is -2.86. The fraction of sp³-hybridized carbons (Fsp3) is 0.500. The first-order chi connectivity index (χ1) is 17.6. The number of aryl methyl sites for hydroxylation is 1. The highest BCUT2D eigenvalue weighted by molar-refractivity contribution is 6.01. The van der Waals surface area contributed by atoms with E-state index in [9.17, 15) is 4.79 Å². The van der Waals surface area contributed by atoms with Crippen molar-refractivity contribution >= 4 is 28.3 Å². The van der Waals surface area contributed by atoms with Gasteiger partial charge in [0.25, 0.3) is 0 Å². The monoisotopic (exact) mass is 484 g/mol. The first-order valence-corrected chi connectivity index (χ1v) is 13.7. The molecule has 0 saturated heterocycles. The summed E-state index contributed by atoms with van der Waals surface area (Å²) in [6, 6.07) is 14.2. The predicted molar refractivity (Wildman–Crippen MR) is 146 cm³/mol. The van der Waals surface area contributed by atoms with E-state index in [-0.39, 0.29) is 11.3 Å². The van der Waals surface area contributed by atoms with Crippen molar-refractivity contribution in [3.63, 3.8) is 0 Å². The topological polar surface area (TPSA) is 71.0 Å². The molecule has 4 saturated carbocycles. The minimum atomic E-state index is 0.172. The van der Waals surface area contributed by atoms with Crippen LogP contribution in [0.2, 0.25) is 0 Å². The van der Waals surface area contributed by atoms with Gasteiger partial charge in [0.05, 0.1) is 17.7 Å². The molecule has 7 rings (SSSR count). The maximum Gasteiger partial charge on any atom is 0.224 e. The molecular weight excluding hydrogens is 446 g/mol. The summed E-state index contributed by atoms with van der Waals surface area (Å²) in [4.78, 5) is 18.0. The van der Waals surface area contributed by atoms with Crippen molar-refractivity contribution in [2.45, 2.75) is 51.4 Å². The molecule has 4 fully saturated rings. The van der Waals surface area contributed by atoms with Crippen LogP contribution < -0.4 is 16.0 Å². The summed E-state index contributed by atoms with van der Waals surface area (Å²) in [5, 5.41) is 11.0. The molecule has 6 heteroatoms. The number of aromatic nitrogens is 2. The number of anilines is 2. The molecule has 3 aromatic rings. The van der Waals surface area contributed by atoms with Gasteiger partial charge in [-0.3, -0.25) is 4.79 Å². The SMILES string of the molecule is Cn1cccc1[CH]NCCCNc1ccc2c(NC(=O)CC34CC5CC(CC(C5)C3)C4)cccc2n1. The third-order valence-corrected chi connectivity index (χ3v) is 8.74. The highest BCUT2D eigenvalue weighted by Gasteiger charge is 2.51. The van der Waals surface area contributed by atoms with Crippen LogP contribution in [0.5, 0.6) is 0 Å². The van der Waals surface area contributed by atoms with Crippen LogP contribution in [0.15, 0.2) is 48.7 Å². The Morgan fingerprint density at radius 2 is 1.81 bits per heavy atom. The molecule has 0 spiro atoms. The molecule has 4 bridgehead atoms.